The second kappa shape index (κ2) is 11.0. The molecule has 7 heteroatoms. The average molecular weight is 498 g/mol. The molecule has 3 aromatic carbocycles. The lowest BCUT2D eigenvalue weighted by Crippen LogP contribution is -2.44. The molecule has 1 saturated heterocycles. The molecule has 190 valence electrons. The highest BCUT2D eigenvalue weighted by Crippen LogP contribution is 2.35. The van der Waals surface area contributed by atoms with Crippen LogP contribution in [0.15, 0.2) is 77.2 Å². The first-order valence-electron chi connectivity index (χ1n) is 12.7. The van der Waals surface area contributed by atoms with Crippen molar-refractivity contribution in [3.63, 3.8) is 0 Å². The van der Waals surface area contributed by atoms with E-state index in [0.29, 0.717) is 43.7 Å². The molecule has 1 aliphatic heterocycles. The monoisotopic (exact) mass is 497 g/mol. The van der Waals surface area contributed by atoms with Gasteiger partial charge in [0.2, 0.25) is 11.8 Å². The van der Waals surface area contributed by atoms with Crippen molar-refractivity contribution >= 4 is 5.91 Å². The molecule has 4 aromatic rings. The summed E-state index contributed by atoms with van der Waals surface area (Å²) in [5.74, 6) is 1.62. The maximum atomic E-state index is 13.1. The molecule has 0 radical (unpaired) electrons. The van der Waals surface area contributed by atoms with Gasteiger partial charge in [0.05, 0.1) is 6.61 Å². The molecule has 0 bridgehead atoms. The number of carbonyl (C=O) groups is 1. The van der Waals surface area contributed by atoms with Crippen molar-refractivity contribution in [1.82, 2.24) is 15.5 Å². The van der Waals surface area contributed by atoms with Crippen molar-refractivity contribution in [1.29, 1.82) is 0 Å². The molecule has 0 unspecified atom stereocenters. The zero-order valence-corrected chi connectivity index (χ0v) is 21.2. The normalized spacial score (nSPS) is 14.8. The highest BCUT2D eigenvalue weighted by molar-refractivity contribution is 5.94. The lowest BCUT2D eigenvalue weighted by atomic mass is 9.74. The van der Waals surface area contributed by atoms with Gasteiger partial charge in [-0.15, -0.1) is 10.2 Å². The molecular formula is C30H31N3O4. The third kappa shape index (κ3) is 5.57. The molecule has 1 aromatic heterocycles. The number of aromatic nitrogens is 2. The fourth-order valence-electron chi connectivity index (χ4n) is 4.75. The fraction of sp³-hybridized carbons (Fsp3) is 0.300. The highest BCUT2D eigenvalue weighted by Gasteiger charge is 2.35. The second-order valence-corrected chi connectivity index (χ2v) is 9.39. The van der Waals surface area contributed by atoms with Crippen LogP contribution in [0.5, 0.6) is 5.75 Å². The molecule has 1 aliphatic rings. The van der Waals surface area contributed by atoms with Gasteiger partial charge in [-0.05, 0) is 80.8 Å². The summed E-state index contributed by atoms with van der Waals surface area (Å²) in [6.45, 7) is 6.51. The predicted octanol–water partition coefficient (Wildman–Crippen LogP) is 5.59. The Bertz CT molecular complexity index is 1340. The van der Waals surface area contributed by atoms with Gasteiger partial charge in [-0.25, -0.2) is 0 Å². The molecule has 1 amide bonds. The van der Waals surface area contributed by atoms with E-state index < -0.39 is 0 Å². The Morgan fingerprint density at radius 3 is 2.32 bits per heavy atom. The summed E-state index contributed by atoms with van der Waals surface area (Å²) in [6.07, 6.45) is 1.70. The van der Waals surface area contributed by atoms with E-state index in [4.69, 9.17) is 13.9 Å². The van der Waals surface area contributed by atoms with Gasteiger partial charge in [0, 0.05) is 41.9 Å². The fourth-order valence-corrected chi connectivity index (χ4v) is 4.75. The molecule has 0 spiro atoms. The summed E-state index contributed by atoms with van der Waals surface area (Å²) in [7, 11) is 0. The minimum absolute atomic E-state index is 0.116. The molecule has 5 rings (SSSR count). The van der Waals surface area contributed by atoms with Crippen molar-refractivity contribution in [3.05, 3.63) is 89.5 Å². The van der Waals surface area contributed by atoms with E-state index >= 15 is 0 Å². The number of nitrogens with zero attached hydrogens (tertiary/aromatic N) is 2. The zero-order chi connectivity index (χ0) is 25.7. The van der Waals surface area contributed by atoms with Gasteiger partial charge in [0.1, 0.15) is 5.75 Å². The van der Waals surface area contributed by atoms with Crippen LogP contribution in [0.4, 0.5) is 0 Å². The Kier molecular flexibility index (Phi) is 7.32. The number of amides is 1. The number of hydrogen-bond acceptors (Lipinski definition) is 6. The zero-order valence-electron chi connectivity index (χ0n) is 21.2. The van der Waals surface area contributed by atoms with Crippen LogP contribution in [0.25, 0.3) is 22.9 Å². The molecule has 7 nitrogen and oxygen atoms in total. The van der Waals surface area contributed by atoms with E-state index in [9.17, 15) is 4.79 Å². The smallest absolute Gasteiger partial charge is 0.251 e. The lowest BCUT2D eigenvalue weighted by molar-refractivity contribution is 0.0487. The van der Waals surface area contributed by atoms with E-state index in [1.54, 1.807) is 12.1 Å². The third-order valence-electron chi connectivity index (χ3n) is 6.90. The minimum atomic E-state index is -0.172. The average Bonchev–Trinajstić information content (AvgIpc) is 3.44. The summed E-state index contributed by atoms with van der Waals surface area (Å²) in [5, 5.41) is 11.5. The molecule has 0 aliphatic carbocycles. The van der Waals surface area contributed by atoms with Gasteiger partial charge in [0.15, 0.2) is 0 Å². The van der Waals surface area contributed by atoms with E-state index in [0.717, 1.165) is 35.3 Å². The van der Waals surface area contributed by atoms with Crippen molar-refractivity contribution in [2.45, 2.75) is 32.1 Å². The van der Waals surface area contributed by atoms with Gasteiger partial charge >= 0.3 is 0 Å². The molecule has 0 saturated carbocycles. The summed E-state index contributed by atoms with van der Waals surface area (Å²) < 4.78 is 17.1. The van der Waals surface area contributed by atoms with Gasteiger partial charge in [-0.3, -0.25) is 4.79 Å². The van der Waals surface area contributed by atoms with Crippen molar-refractivity contribution in [3.8, 4) is 28.7 Å². The number of nitrogens with one attached hydrogen (secondary N) is 1. The maximum absolute atomic E-state index is 13.1. The van der Waals surface area contributed by atoms with Crippen molar-refractivity contribution < 1.29 is 18.7 Å². The molecule has 2 heterocycles. The molecule has 0 atom stereocenters. The van der Waals surface area contributed by atoms with Crippen LogP contribution < -0.4 is 10.1 Å². The first-order valence-corrected chi connectivity index (χ1v) is 12.7. The quantitative estimate of drug-likeness (QED) is 0.342. The molecule has 1 N–H and O–H groups in total. The molecule has 1 fully saturated rings. The Labute approximate surface area is 216 Å². The van der Waals surface area contributed by atoms with E-state index in [-0.39, 0.29) is 11.3 Å². The number of hydrogen-bond donors (Lipinski definition) is 1. The van der Waals surface area contributed by atoms with Gasteiger partial charge in [0.25, 0.3) is 5.91 Å². The summed E-state index contributed by atoms with van der Waals surface area (Å²) in [5.41, 5.74) is 4.36. The van der Waals surface area contributed by atoms with Crippen LogP contribution in [0.2, 0.25) is 0 Å². The summed E-state index contributed by atoms with van der Waals surface area (Å²) in [4.78, 5) is 13.1. The Balaban J connectivity index is 1.27. The van der Waals surface area contributed by atoms with Crippen molar-refractivity contribution in [2.75, 3.05) is 26.4 Å². The third-order valence-corrected chi connectivity index (χ3v) is 6.90. The minimum Gasteiger partial charge on any atom is -0.494 e. The van der Waals surface area contributed by atoms with Gasteiger partial charge < -0.3 is 19.2 Å². The number of benzene rings is 3. The number of carbonyl (C=O) groups excluding carboxylic acids is 1. The van der Waals surface area contributed by atoms with Crippen LogP contribution >= 0.6 is 0 Å². The topological polar surface area (TPSA) is 86.5 Å². The standard InChI is InChI=1S/C30H31N3O4/c1-3-36-26-13-11-25(12-14-26)30(15-17-35-18-16-30)20-31-27(34)22-7-9-23(10-8-22)28-32-33-29(37-28)24-6-4-5-21(2)19-24/h4-14,19H,3,15-18,20H2,1-2H3,(H,31,34). The summed E-state index contributed by atoms with van der Waals surface area (Å²) >= 11 is 0. The van der Waals surface area contributed by atoms with Gasteiger partial charge in [-0.1, -0.05) is 29.8 Å². The van der Waals surface area contributed by atoms with E-state index in [2.05, 4.69) is 27.6 Å². The van der Waals surface area contributed by atoms with E-state index in [1.165, 1.54) is 5.56 Å². The van der Waals surface area contributed by atoms with Gasteiger partial charge in [-0.2, -0.15) is 0 Å². The summed E-state index contributed by atoms with van der Waals surface area (Å²) in [6, 6.07) is 23.4. The Morgan fingerprint density at radius 1 is 0.946 bits per heavy atom. The predicted molar refractivity (Wildman–Crippen MR) is 142 cm³/mol. The van der Waals surface area contributed by atoms with Crippen molar-refractivity contribution in [2.24, 2.45) is 0 Å². The number of ether oxygens (including phenoxy) is 2. The maximum Gasteiger partial charge on any atom is 0.251 e. The van der Waals surface area contributed by atoms with Crippen LogP contribution in [0.1, 0.15) is 41.3 Å². The van der Waals surface area contributed by atoms with E-state index in [1.807, 2.05) is 62.4 Å². The first kappa shape index (κ1) is 24.7. The number of aryl methyl sites for hydroxylation is 1. The van der Waals surface area contributed by atoms with Crippen LogP contribution in [0.3, 0.4) is 0 Å². The Morgan fingerprint density at radius 2 is 1.65 bits per heavy atom. The molecule has 37 heavy (non-hydrogen) atoms. The lowest BCUT2D eigenvalue weighted by Gasteiger charge is -2.38. The number of rotatable bonds is 8. The highest BCUT2D eigenvalue weighted by atomic mass is 16.5. The Hall–Kier alpha value is -3.97. The van der Waals surface area contributed by atoms with Crippen LogP contribution in [-0.2, 0) is 10.2 Å². The first-order chi connectivity index (χ1) is 18.1. The van der Waals surface area contributed by atoms with Crippen LogP contribution in [0, 0.1) is 6.92 Å². The SMILES string of the molecule is CCOc1ccc(C2(CNC(=O)c3ccc(-c4nnc(-c5cccc(C)c5)o4)cc3)CCOCC2)cc1. The molecular weight excluding hydrogens is 466 g/mol. The second-order valence-electron chi connectivity index (χ2n) is 9.39. The largest absolute Gasteiger partial charge is 0.494 e. The van der Waals surface area contributed by atoms with Crippen LogP contribution in [-0.4, -0.2) is 42.5 Å².